The minimum Gasteiger partial charge on any atom is -0.460 e. The quantitative estimate of drug-likeness (QED) is 0.245. The average Bonchev–Trinajstić information content (AvgIpc) is 3.28. The van der Waals surface area contributed by atoms with Crippen LogP contribution in [0.5, 0.6) is 0 Å². The van der Waals surface area contributed by atoms with E-state index in [1.807, 2.05) is 60.7 Å². The molecule has 0 radical (unpaired) electrons. The van der Waals surface area contributed by atoms with Gasteiger partial charge in [0.25, 0.3) is 0 Å². The van der Waals surface area contributed by atoms with Crippen LogP contribution in [0.3, 0.4) is 0 Å². The van der Waals surface area contributed by atoms with Gasteiger partial charge in [-0.3, -0.25) is 9.69 Å². The van der Waals surface area contributed by atoms with Crippen molar-refractivity contribution in [2.75, 3.05) is 13.2 Å². The van der Waals surface area contributed by atoms with Crippen LogP contribution in [-0.4, -0.2) is 56.7 Å². The minimum absolute atomic E-state index is 0.0777. The molecule has 3 rings (SSSR count). The summed E-state index contributed by atoms with van der Waals surface area (Å²) in [6.07, 6.45) is -0.239. The zero-order valence-electron chi connectivity index (χ0n) is 23.6. The van der Waals surface area contributed by atoms with Crippen LogP contribution < -0.4 is 0 Å². The fourth-order valence-electron chi connectivity index (χ4n) is 4.36. The van der Waals surface area contributed by atoms with Gasteiger partial charge in [0.15, 0.2) is 8.32 Å². The van der Waals surface area contributed by atoms with E-state index >= 15 is 0 Å². The second kappa shape index (κ2) is 13.4. The van der Waals surface area contributed by atoms with Gasteiger partial charge in [0, 0.05) is 26.5 Å². The van der Waals surface area contributed by atoms with Gasteiger partial charge in [-0.2, -0.15) is 0 Å². The molecule has 2 aromatic carbocycles. The number of esters is 1. The Morgan fingerprint density at radius 3 is 2.11 bits per heavy atom. The third-order valence-electron chi connectivity index (χ3n) is 7.51. The van der Waals surface area contributed by atoms with Crippen LogP contribution >= 0.6 is 0 Å². The lowest BCUT2D eigenvalue weighted by Crippen LogP contribution is -2.50. The summed E-state index contributed by atoms with van der Waals surface area (Å²) < 4.78 is 24.3. The van der Waals surface area contributed by atoms with Crippen LogP contribution in [-0.2, 0) is 36.6 Å². The molecule has 0 saturated carbocycles. The standard InChI is InChI=1S/C30H43NO6Si/c1-23(32)37-27-17-19-31(29(33)35-22-25-15-11-8-12-16-25)28(27)26(34-21-24-13-9-7-10-14-24)18-20-36-38(5,6)30(2,3)4/h7-16,26-28H,17-22H2,1-6H3/t26-,27+,28+/m0/s1. The molecule has 0 spiro atoms. The van der Waals surface area contributed by atoms with Crippen molar-refractivity contribution < 1.29 is 28.2 Å². The molecule has 1 aliphatic rings. The van der Waals surface area contributed by atoms with Gasteiger partial charge in [-0.15, -0.1) is 0 Å². The third kappa shape index (κ3) is 8.41. The van der Waals surface area contributed by atoms with Crippen molar-refractivity contribution in [1.29, 1.82) is 0 Å². The van der Waals surface area contributed by atoms with E-state index in [1.165, 1.54) is 6.92 Å². The number of likely N-dealkylation sites (tertiary alicyclic amines) is 1. The Kier molecular flexibility index (Phi) is 10.5. The van der Waals surface area contributed by atoms with Crippen molar-refractivity contribution >= 4 is 20.4 Å². The molecule has 38 heavy (non-hydrogen) atoms. The second-order valence-electron chi connectivity index (χ2n) is 11.4. The Labute approximate surface area is 228 Å². The van der Waals surface area contributed by atoms with E-state index in [0.29, 0.717) is 32.6 Å². The van der Waals surface area contributed by atoms with Gasteiger partial charge in [0.1, 0.15) is 12.7 Å². The molecule has 1 aliphatic heterocycles. The largest absolute Gasteiger partial charge is 0.460 e. The Balaban J connectivity index is 1.80. The molecule has 0 bridgehead atoms. The van der Waals surface area contributed by atoms with Gasteiger partial charge in [-0.25, -0.2) is 4.79 Å². The predicted octanol–water partition coefficient (Wildman–Crippen LogP) is 6.33. The van der Waals surface area contributed by atoms with Crippen molar-refractivity contribution in [2.24, 2.45) is 0 Å². The molecule has 1 heterocycles. The first-order valence-corrected chi connectivity index (χ1v) is 16.3. The van der Waals surface area contributed by atoms with Gasteiger partial charge < -0.3 is 18.6 Å². The summed E-state index contributed by atoms with van der Waals surface area (Å²) >= 11 is 0. The number of hydrogen-bond donors (Lipinski definition) is 0. The van der Waals surface area contributed by atoms with E-state index in [9.17, 15) is 9.59 Å². The molecular weight excluding hydrogens is 498 g/mol. The van der Waals surface area contributed by atoms with E-state index < -0.39 is 32.7 Å². The fourth-order valence-corrected chi connectivity index (χ4v) is 5.42. The molecule has 0 unspecified atom stereocenters. The molecule has 7 nitrogen and oxygen atoms in total. The van der Waals surface area contributed by atoms with Gasteiger partial charge in [0.2, 0.25) is 0 Å². The molecule has 2 aromatic rings. The van der Waals surface area contributed by atoms with Gasteiger partial charge >= 0.3 is 12.1 Å². The summed E-state index contributed by atoms with van der Waals surface area (Å²) in [7, 11) is -1.98. The van der Waals surface area contributed by atoms with E-state index in [0.717, 1.165) is 11.1 Å². The van der Waals surface area contributed by atoms with E-state index in [1.54, 1.807) is 4.90 Å². The zero-order valence-corrected chi connectivity index (χ0v) is 24.6. The highest BCUT2D eigenvalue weighted by atomic mass is 28.4. The third-order valence-corrected chi connectivity index (χ3v) is 12.0. The van der Waals surface area contributed by atoms with Gasteiger partial charge in [-0.1, -0.05) is 81.4 Å². The predicted molar refractivity (Wildman–Crippen MR) is 150 cm³/mol. The number of rotatable bonds is 11. The van der Waals surface area contributed by atoms with E-state index in [-0.39, 0.29) is 17.6 Å². The van der Waals surface area contributed by atoms with Crippen LogP contribution in [0.2, 0.25) is 18.1 Å². The molecule has 0 aromatic heterocycles. The average molecular weight is 542 g/mol. The number of hydrogen-bond acceptors (Lipinski definition) is 6. The van der Waals surface area contributed by atoms with Gasteiger partial charge in [0.05, 0.1) is 18.8 Å². The fraction of sp³-hybridized carbons (Fsp3) is 0.533. The molecule has 208 valence electrons. The lowest BCUT2D eigenvalue weighted by atomic mass is 10.0. The highest BCUT2D eigenvalue weighted by Gasteiger charge is 2.45. The number of benzene rings is 2. The summed E-state index contributed by atoms with van der Waals surface area (Å²) in [5.41, 5.74) is 1.94. The Bertz CT molecular complexity index is 1020. The first-order chi connectivity index (χ1) is 18.0. The molecule has 0 aliphatic carbocycles. The Morgan fingerprint density at radius 2 is 1.55 bits per heavy atom. The van der Waals surface area contributed by atoms with Crippen LogP contribution in [0.1, 0.15) is 51.7 Å². The summed E-state index contributed by atoms with van der Waals surface area (Å²) in [6.45, 7) is 13.9. The molecule has 1 fully saturated rings. The monoisotopic (exact) mass is 541 g/mol. The normalized spacial score (nSPS) is 18.7. The maximum atomic E-state index is 13.3. The molecular formula is C30H43NO6Si. The van der Waals surface area contributed by atoms with E-state index in [2.05, 4.69) is 33.9 Å². The van der Waals surface area contributed by atoms with Gasteiger partial charge in [-0.05, 0) is 35.7 Å². The molecule has 0 N–H and O–H groups in total. The lowest BCUT2D eigenvalue weighted by Gasteiger charge is -2.38. The summed E-state index contributed by atoms with van der Waals surface area (Å²) in [4.78, 5) is 26.9. The number of carbonyl (C=O) groups is 2. The van der Waals surface area contributed by atoms with Crippen molar-refractivity contribution in [2.45, 2.75) is 90.1 Å². The first-order valence-electron chi connectivity index (χ1n) is 13.4. The number of carbonyl (C=O) groups excluding carboxylic acids is 2. The number of ether oxygens (including phenoxy) is 3. The summed E-state index contributed by atoms with van der Waals surface area (Å²) in [5, 5.41) is 0.0777. The van der Waals surface area contributed by atoms with Crippen molar-refractivity contribution in [1.82, 2.24) is 4.90 Å². The molecule has 1 amide bonds. The zero-order chi connectivity index (χ0) is 27.8. The van der Waals surface area contributed by atoms with Crippen molar-refractivity contribution in [3.05, 3.63) is 71.8 Å². The topological polar surface area (TPSA) is 74.3 Å². The van der Waals surface area contributed by atoms with Crippen LogP contribution in [0.4, 0.5) is 4.79 Å². The minimum atomic E-state index is -1.98. The van der Waals surface area contributed by atoms with Crippen LogP contribution in [0.25, 0.3) is 0 Å². The SMILES string of the molecule is CC(=O)O[C@@H]1CCN(C(=O)OCc2ccccc2)[C@@H]1[C@H](CCO[Si](C)(C)C(C)(C)C)OCc1ccccc1. The first kappa shape index (κ1) is 29.9. The van der Waals surface area contributed by atoms with Crippen molar-refractivity contribution in [3.63, 3.8) is 0 Å². The highest BCUT2D eigenvalue weighted by Crippen LogP contribution is 2.37. The number of nitrogens with zero attached hydrogens (tertiary/aromatic N) is 1. The Hall–Kier alpha value is -2.68. The molecule has 3 atom stereocenters. The van der Waals surface area contributed by atoms with Crippen molar-refractivity contribution in [3.8, 4) is 0 Å². The molecule has 1 saturated heterocycles. The lowest BCUT2D eigenvalue weighted by molar-refractivity contribution is -0.150. The second-order valence-corrected chi connectivity index (χ2v) is 16.2. The van der Waals surface area contributed by atoms with Crippen LogP contribution in [0.15, 0.2) is 60.7 Å². The maximum Gasteiger partial charge on any atom is 0.410 e. The van der Waals surface area contributed by atoms with Crippen LogP contribution in [0, 0.1) is 0 Å². The highest BCUT2D eigenvalue weighted by molar-refractivity contribution is 6.74. The Morgan fingerprint density at radius 1 is 0.974 bits per heavy atom. The number of amides is 1. The molecule has 8 heteroatoms. The maximum absolute atomic E-state index is 13.3. The van der Waals surface area contributed by atoms with E-state index in [4.69, 9.17) is 18.6 Å². The summed E-state index contributed by atoms with van der Waals surface area (Å²) in [6, 6.07) is 19.0. The smallest absolute Gasteiger partial charge is 0.410 e. The summed E-state index contributed by atoms with van der Waals surface area (Å²) in [5.74, 6) is -0.376.